The largest absolute Gasteiger partial charge is 0.336 e. The molecule has 3 rings (SSSR count). The summed E-state index contributed by atoms with van der Waals surface area (Å²) in [5, 5.41) is 4.81. The van der Waals surface area contributed by atoms with Gasteiger partial charge < -0.3 is 9.88 Å². The van der Waals surface area contributed by atoms with Gasteiger partial charge in [-0.3, -0.25) is 4.98 Å². The summed E-state index contributed by atoms with van der Waals surface area (Å²) in [5.41, 5.74) is 3.43. The second kappa shape index (κ2) is 6.06. The average Bonchev–Trinajstić information content (AvgIpc) is 2.97. The molecule has 21 heavy (non-hydrogen) atoms. The van der Waals surface area contributed by atoms with Crippen LogP contribution in [-0.4, -0.2) is 20.6 Å². The van der Waals surface area contributed by atoms with Crippen molar-refractivity contribution in [3.63, 3.8) is 0 Å². The van der Waals surface area contributed by atoms with E-state index in [4.69, 9.17) is 0 Å². The van der Waals surface area contributed by atoms with E-state index in [9.17, 15) is 0 Å². The first kappa shape index (κ1) is 13.8. The van der Waals surface area contributed by atoms with E-state index in [0.717, 1.165) is 24.3 Å². The Labute approximate surface area is 124 Å². The molecule has 4 nitrogen and oxygen atoms in total. The number of aromatic nitrogens is 3. The molecule has 0 amide bonds. The molecule has 1 unspecified atom stereocenters. The zero-order chi connectivity index (χ0) is 14.7. The van der Waals surface area contributed by atoms with Gasteiger partial charge in [-0.05, 0) is 31.5 Å². The van der Waals surface area contributed by atoms with Gasteiger partial charge in [0.25, 0.3) is 0 Å². The number of hydrogen-bond acceptors (Lipinski definition) is 3. The standard InChI is InChI=1S/C17H20N4/c1-13-9-15(16-5-3-4-6-17(16)20-13)10-19-14(2)11-21-8-7-18-12-21/h3-9,12,14,19H,10-11H2,1-2H3. The Balaban J connectivity index is 1.73. The summed E-state index contributed by atoms with van der Waals surface area (Å²) in [6.07, 6.45) is 5.65. The minimum absolute atomic E-state index is 0.381. The predicted molar refractivity (Wildman–Crippen MR) is 85.0 cm³/mol. The fraction of sp³-hybridized carbons (Fsp3) is 0.294. The molecule has 1 atom stereocenters. The highest BCUT2D eigenvalue weighted by atomic mass is 15.1. The molecule has 4 heteroatoms. The maximum Gasteiger partial charge on any atom is 0.0946 e. The molecular weight excluding hydrogens is 260 g/mol. The highest BCUT2D eigenvalue weighted by Gasteiger charge is 2.06. The molecule has 0 radical (unpaired) electrons. The van der Waals surface area contributed by atoms with Crippen molar-refractivity contribution in [1.29, 1.82) is 0 Å². The van der Waals surface area contributed by atoms with Crippen molar-refractivity contribution in [1.82, 2.24) is 19.9 Å². The van der Waals surface area contributed by atoms with Crippen LogP contribution in [0.3, 0.4) is 0 Å². The third kappa shape index (κ3) is 3.28. The number of nitrogens with zero attached hydrogens (tertiary/aromatic N) is 3. The fourth-order valence-electron chi connectivity index (χ4n) is 2.60. The van der Waals surface area contributed by atoms with Crippen LogP contribution >= 0.6 is 0 Å². The summed E-state index contributed by atoms with van der Waals surface area (Å²) < 4.78 is 2.09. The maximum atomic E-state index is 4.58. The van der Waals surface area contributed by atoms with Gasteiger partial charge in [0.1, 0.15) is 0 Å². The predicted octanol–water partition coefficient (Wildman–Crippen LogP) is 2.92. The number of fused-ring (bicyclic) bond motifs is 1. The first-order chi connectivity index (χ1) is 10.2. The molecule has 0 aliphatic heterocycles. The second-order valence-electron chi connectivity index (χ2n) is 5.48. The Morgan fingerprint density at radius 3 is 2.95 bits per heavy atom. The van der Waals surface area contributed by atoms with Gasteiger partial charge in [-0.15, -0.1) is 0 Å². The van der Waals surface area contributed by atoms with Gasteiger partial charge in [-0.25, -0.2) is 4.98 Å². The minimum atomic E-state index is 0.381. The van der Waals surface area contributed by atoms with Crippen LogP contribution in [0.1, 0.15) is 18.2 Å². The summed E-state index contributed by atoms with van der Waals surface area (Å²) in [4.78, 5) is 8.66. The lowest BCUT2D eigenvalue weighted by atomic mass is 10.1. The average molecular weight is 280 g/mol. The van der Waals surface area contributed by atoms with Gasteiger partial charge in [-0.1, -0.05) is 18.2 Å². The quantitative estimate of drug-likeness (QED) is 0.781. The Morgan fingerprint density at radius 1 is 1.29 bits per heavy atom. The van der Waals surface area contributed by atoms with E-state index in [1.807, 2.05) is 31.7 Å². The number of aryl methyl sites for hydroxylation is 1. The molecule has 108 valence electrons. The smallest absolute Gasteiger partial charge is 0.0946 e. The molecule has 0 spiro atoms. The number of pyridine rings is 1. The number of imidazole rings is 1. The first-order valence-electron chi connectivity index (χ1n) is 7.27. The fourth-order valence-corrected chi connectivity index (χ4v) is 2.60. The second-order valence-corrected chi connectivity index (χ2v) is 5.48. The highest BCUT2D eigenvalue weighted by molar-refractivity contribution is 5.82. The Hall–Kier alpha value is -2.20. The number of nitrogens with one attached hydrogen (secondary N) is 1. The van der Waals surface area contributed by atoms with E-state index in [0.29, 0.717) is 6.04 Å². The van der Waals surface area contributed by atoms with Crippen LogP contribution in [-0.2, 0) is 13.1 Å². The van der Waals surface area contributed by atoms with Crippen LogP contribution in [0.2, 0.25) is 0 Å². The van der Waals surface area contributed by atoms with E-state index in [1.165, 1.54) is 10.9 Å². The van der Waals surface area contributed by atoms with Gasteiger partial charge >= 0.3 is 0 Å². The summed E-state index contributed by atoms with van der Waals surface area (Å²) in [6, 6.07) is 10.9. The van der Waals surface area contributed by atoms with Gasteiger partial charge in [0, 0.05) is 42.6 Å². The lowest BCUT2D eigenvalue weighted by Crippen LogP contribution is -2.29. The van der Waals surface area contributed by atoms with E-state index >= 15 is 0 Å². The molecule has 2 aromatic heterocycles. The van der Waals surface area contributed by atoms with Crippen molar-refractivity contribution in [2.45, 2.75) is 33.0 Å². The van der Waals surface area contributed by atoms with Crippen LogP contribution < -0.4 is 5.32 Å². The molecule has 0 saturated heterocycles. The number of hydrogen-bond donors (Lipinski definition) is 1. The normalized spacial score (nSPS) is 12.7. The Kier molecular flexibility index (Phi) is 3.97. The van der Waals surface area contributed by atoms with Crippen LogP contribution in [0.15, 0.2) is 49.1 Å². The molecule has 0 aliphatic carbocycles. The minimum Gasteiger partial charge on any atom is -0.336 e. The van der Waals surface area contributed by atoms with Crippen molar-refractivity contribution < 1.29 is 0 Å². The summed E-state index contributed by atoms with van der Waals surface area (Å²) in [6.45, 7) is 6.00. The molecule has 2 heterocycles. The molecule has 0 aliphatic rings. The third-order valence-electron chi connectivity index (χ3n) is 3.61. The van der Waals surface area contributed by atoms with Gasteiger partial charge in [0.05, 0.1) is 11.8 Å². The van der Waals surface area contributed by atoms with Crippen LogP contribution in [0.4, 0.5) is 0 Å². The maximum absolute atomic E-state index is 4.58. The molecule has 0 fully saturated rings. The van der Waals surface area contributed by atoms with E-state index in [1.54, 1.807) is 0 Å². The van der Waals surface area contributed by atoms with E-state index < -0.39 is 0 Å². The zero-order valence-corrected chi connectivity index (χ0v) is 12.5. The number of para-hydroxylation sites is 1. The van der Waals surface area contributed by atoms with E-state index in [-0.39, 0.29) is 0 Å². The van der Waals surface area contributed by atoms with Crippen molar-refractivity contribution in [2.24, 2.45) is 0 Å². The first-order valence-corrected chi connectivity index (χ1v) is 7.27. The molecule has 1 aromatic carbocycles. The zero-order valence-electron chi connectivity index (χ0n) is 12.5. The van der Waals surface area contributed by atoms with Crippen molar-refractivity contribution in [3.8, 4) is 0 Å². The monoisotopic (exact) mass is 280 g/mol. The Bertz CT molecular complexity index is 719. The summed E-state index contributed by atoms with van der Waals surface area (Å²) in [5.74, 6) is 0. The molecule has 0 saturated carbocycles. The number of rotatable bonds is 5. The number of benzene rings is 1. The highest BCUT2D eigenvalue weighted by Crippen LogP contribution is 2.18. The van der Waals surface area contributed by atoms with Crippen molar-refractivity contribution in [2.75, 3.05) is 0 Å². The SMILES string of the molecule is Cc1cc(CNC(C)Cn2ccnc2)c2ccccc2n1. The lowest BCUT2D eigenvalue weighted by Gasteiger charge is -2.15. The summed E-state index contributed by atoms with van der Waals surface area (Å²) in [7, 11) is 0. The van der Waals surface area contributed by atoms with Gasteiger partial charge in [0.2, 0.25) is 0 Å². The molecule has 1 N–H and O–H groups in total. The Morgan fingerprint density at radius 2 is 2.14 bits per heavy atom. The van der Waals surface area contributed by atoms with Crippen LogP contribution in [0.5, 0.6) is 0 Å². The van der Waals surface area contributed by atoms with Gasteiger partial charge in [-0.2, -0.15) is 0 Å². The molecule has 3 aromatic rings. The van der Waals surface area contributed by atoms with Crippen LogP contribution in [0.25, 0.3) is 10.9 Å². The van der Waals surface area contributed by atoms with Gasteiger partial charge in [0.15, 0.2) is 0 Å². The molecular formula is C17H20N4. The van der Waals surface area contributed by atoms with Crippen molar-refractivity contribution >= 4 is 10.9 Å². The topological polar surface area (TPSA) is 42.7 Å². The lowest BCUT2D eigenvalue weighted by molar-refractivity contribution is 0.477. The van der Waals surface area contributed by atoms with E-state index in [2.05, 4.69) is 51.0 Å². The summed E-state index contributed by atoms with van der Waals surface area (Å²) >= 11 is 0. The van der Waals surface area contributed by atoms with Crippen molar-refractivity contribution in [3.05, 3.63) is 60.3 Å². The van der Waals surface area contributed by atoms with Crippen LogP contribution in [0, 0.1) is 6.92 Å². The third-order valence-corrected chi connectivity index (χ3v) is 3.61. The molecule has 0 bridgehead atoms.